The molecule has 2 aliphatic rings. The van der Waals surface area contributed by atoms with Crippen LogP contribution in [0.5, 0.6) is 0 Å². The number of halogens is 1. The number of hydrogen-bond acceptors (Lipinski definition) is 2. The van der Waals surface area contributed by atoms with Crippen LogP contribution in [0.25, 0.3) is 0 Å². The van der Waals surface area contributed by atoms with Gasteiger partial charge in [0, 0.05) is 15.8 Å². The van der Waals surface area contributed by atoms with Crippen molar-refractivity contribution >= 4 is 22.6 Å². The SMILES string of the molecule is O=c1ccc(I)cn1CC1CCC2(CCCC2)O1. The van der Waals surface area contributed by atoms with Crippen LogP contribution >= 0.6 is 22.6 Å². The van der Waals surface area contributed by atoms with Gasteiger partial charge in [0.25, 0.3) is 5.56 Å². The summed E-state index contributed by atoms with van der Waals surface area (Å²) in [5.41, 5.74) is 0.238. The van der Waals surface area contributed by atoms with Gasteiger partial charge in [-0.2, -0.15) is 0 Å². The van der Waals surface area contributed by atoms with Crippen molar-refractivity contribution in [1.29, 1.82) is 0 Å². The molecule has 18 heavy (non-hydrogen) atoms. The molecule has 1 saturated carbocycles. The molecule has 0 N–H and O–H groups in total. The molecule has 0 radical (unpaired) electrons. The molecule has 4 heteroatoms. The lowest BCUT2D eigenvalue weighted by Gasteiger charge is -2.24. The first-order valence-corrected chi connectivity index (χ1v) is 7.79. The number of nitrogens with zero attached hydrogens (tertiary/aromatic N) is 1. The lowest BCUT2D eigenvalue weighted by Crippen LogP contribution is -2.29. The van der Waals surface area contributed by atoms with Crippen molar-refractivity contribution in [2.75, 3.05) is 0 Å². The summed E-state index contributed by atoms with van der Waals surface area (Å²) in [6.45, 7) is 0.706. The van der Waals surface area contributed by atoms with Gasteiger partial charge in [0.05, 0.1) is 18.2 Å². The molecule has 2 heterocycles. The molecule has 3 rings (SSSR count). The Kier molecular flexibility index (Phi) is 3.49. The summed E-state index contributed by atoms with van der Waals surface area (Å²) >= 11 is 2.24. The average Bonchev–Trinajstić information content (AvgIpc) is 2.95. The molecule has 0 bridgehead atoms. The van der Waals surface area contributed by atoms with Gasteiger partial charge in [-0.05, 0) is 54.3 Å². The maximum atomic E-state index is 11.8. The van der Waals surface area contributed by atoms with E-state index in [0.29, 0.717) is 6.54 Å². The molecular weight excluding hydrogens is 341 g/mol. The molecule has 1 saturated heterocycles. The third-order valence-electron chi connectivity index (χ3n) is 4.20. The minimum absolute atomic E-state index is 0.0754. The fourth-order valence-corrected chi connectivity index (χ4v) is 3.79. The zero-order valence-electron chi connectivity index (χ0n) is 10.4. The molecule has 0 aromatic carbocycles. The summed E-state index contributed by atoms with van der Waals surface area (Å²) in [4.78, 5) is 11.8. The smallest absolute Gasteiger partial charge is 0.250 e. The van der Waals surface area contributed by atoms with Crippen LogP contribution in [0.1, 0.15) is 38.5 Å². The van der Waals surface area contributed by atoms with Crippen molar-refractivity contribution in [3.05, 3.63) is 32.3 Å². The normalized spacial score (nSPS) is 25.9. The maximum Gasteiger partial charge on any atom is 0.250 e. The zero-order valence-corrected chi connectivity index (χ0v) is 12.6. The fraction of sp³-hybridized carbons (Fsp3) is 0.643. The first kappa shape index (κ1) is 12.7. The second-order valence-electron chi connectivity index (χ2n) is 5.51. The number of ether oxygens (including phenoxy) is 1. The third kappa shape index (κ3) is 2.50. The molecule has 1 aliphatic heterocycles. The Morgan fingerprint density at radius 2 is 2.11 bits per heavy atom. The number of aromatic nitrogens is 1. The van der Waals surface area contributed by atoms with E-state index in [1.54, 1.807) is 10.6 Å². The Morgan fingerprint density at radius 3 is 2.89 bits per heavy atom. The van der Waals surface area contributed by atoms with Crippen LogP contribution in [0.4, 0.5) is 0 Å². The first-order chi connectivity index (χ1) is 8.67. The van der Waals surface area contributed by atoms with Crippen LogP contribution in [0, 0.1) is 3.57 Å². The minimum atomic E-state index is 0.0754. The highest BCUT2D eigenvalue weighted by Crippen LogP contribution is 2.43. The molecule has 0 amide bonds. The van der Waals surface area contributed by atoms with Gasteiger partial charge in [-0.15, -0.1) is 0 Å². The van der Waals surface area contributed by atoms with Crippen molar-refractivity contribution in [2.24, 2.45) is 0 Å². The van der Waals surface area contributed by atoms with Gasteiger partial charge in [-0.3, -0.25) is 4.79 Å². The fourth-order valence-electron chi connectivity index (χ4n) is 3.28. The maximum absolute atomic E-state index is 11.8. The summed E-state index contributed by atoms with van der Waals surface area (Å²) in [7, 11) is 0. The number of rotatable bonds is 2. The van der Waals surface area contributed by atoms with E-state index in [4.69, 9.17) is 4.74 Å². The van der Waals surface area contributed by atoms with Crippen LogP contribution < -0.4 is 5.56 Å². The lowest BCUT2D eigenvalue weighted by atomic mass is 9.98. The first-order valence-electron chi connectivity index (χ1n) is 6.71. The van der Waals surface area contributed by atoms with Gasteiger partial charge < -0.3 is 9.30 Å². The van der Waals surface area contributed by atoms with E-state index in [1.165, 1.54) is 32.1 Å². The molecule has 1 atom stereocenters. The van der Waals surface area contributed by atoms with Crippen molar-refractivity contribution in [1.82, 2.24) is 4.57 Å². The Morgan fingerprint density at radius 1 is 1.33 bits per heavy atom. The van der Waals surface area contributed by atoms with E-state index in [2.05, 4.69) is 22.6 Å². The van der Waals surface area contributed by atoms with Crippen molar-refractivity contribution in [2.45, 2.75) is 56.8 Å². The Bertz CT molecular complexity index is 491. The quantitative estimate of drug-likeness (QED) is 0.761. The molecule has 3 nitrogen and oxygen atoms in total. The number of hydrogen-bond donors (Lipinski definition) is 0. The molecule has 2 fully saturated rings. The molecule has 1 aliphatic carbocycles. The van der Waals surface area contributed by atoms with Crippen molar-refractivity contribution in [3.63, 3.8) is 0 Å². The minimum Gasteiger partial charge on any atom is -0.370 e. The monoisotopic (exact) mass is 359 g/mol. The third-order valence-corrected chi connectivity index (χ3v) is 4.84. The highest BCUT2D eigenvalue weighted by molar-refractivity contribution is 14.1. The second kappa shape index (κ2) is 4.96. The predicted molar refractivity (Wildman–Crippen MR) is 78.7 cm³/mol. The molecule has 98 valence electrons. The molecule has 1 unspecified atom stereocenters. The average molecular weight is 359 g/mol. The van der Waals surface area contributed by atoms with E-state index < -0.39 is 0 Å². The van der Waals surface area contributed by atoms with Gasteiger partial charge in [-0.1, -0.05) is 12.8 Å². The summed E-state index contributed by atoms with van der Waals surface area (Å²) in [5.74, 6) is 0. The van der Waals surface area contributed by atoms with Crippen LogP contribution in [0.3, 0.4) is 0 Å². The number of pyridine rings is 1. The van der Waals surface area contributed by atoms with Crippen LogP contribution in [-0.4, -0.2) is 16.3 Å². The summed E-state index contributed by atoms with van der Waals surface area (Å²) < 4.78 is 9.14. The van der Waals surface area contributed by atoms with E-state index in [9.17, 15) is 4.79 Å². The van der Waals surface area contributed by atoms with Crippen molar-refractivity contribution < 1.29 is 4.74 Å². The molecule has 1 aromatic heterocycles. The predicted octanol–water partition coefficient (Wildman–Crippen LogP) is 2.94. The van der Waals surface area contributed by atoms with E-state index in [0.717, 1.165) is 9.99 Å². The van der Waals surface area contributed by atoms with E-state index in [1.807, 2.05) is 12.3 Å². The van der Waals surface area contributed by atoms with E-state index in [-0.39, 0.29) is 17.3 Å². The second-order valence-corrected chi connectivity index (χ2v) is 6.75. The van der Waals surface area contributed by atoms with Gasteiger partial charge in [0.1, 0.15) is 0 Å². The summed E-state index contributed by atoms with van der Waals surface area (Å²) in [5, 5.41) is 0. The highest BCUT2D eigenvalue weighted by Gasteiger charge is 2.42. The standard InChI is InChI=1S/C14H18INO2/c15-11-3-4-13(17)16(9-11)10-12-5-8-14(18-12)6-1-2-7-14/h3-4,9,12H,1-2,5-8,10H2. The van der Waals surface area contributed by atoms with E-state index >= 15 is 0 Å². The zero-order chi connectivity index (χ0) is 12.6. The van der Waals surface area contributed by atoms with Gasteiger partial charge in [-0.25, -0.2) is 0 Å². The molecule has 1 aromatic rings. The summed E-state index contributed by atoms with van der Waals surface area (Å²) in [6, 6.07) is 3.50. The largest absolute Gasteiger partial charge is 0.370 e. The highest BCUT2D eigenvalue weighted by atomic mass is 127. The van der Waals surface area contributed by atoms with Crippen LogP contribution in [-0.2, 0) is 11.3 Å². The summed E-state index contributed by atoms with van der Waals surface area (Å²) in [6.07, 6.45) is 9.44. The van der Waals surface area contributed by atoms with Crippen molar-refractivity contribution in [3.8, 4) is 0 Å². The Hall–Kier alpha value is -0.360. The molecular formula is C14H18INO2. The van der Waals surface area contributed by atoms with Gasteiger partial charge in [0.2, 0.25) is 0 Å². The van der Waals surface area contributed by atoms with Crippen LogP contribution in [0.15, 0.2) is 23.1 Å². The lowest BCUT2D eigenvalue weighted by molar-refractivity contribution is -0.0421. The Labute approximate surface area is 121 Å². The van der Waals surface area contributed by atoms with Crippen LogP contribution in [0.2, 0.25) is 0 Å². The topological polar surface area (TPSA) is 31.2 Å². The Balaban J connectivity index is 1.71. The molecule has 1 spiro atoms. The van der Waals surface area contributed by atoms with Gasteiger partial charge in [0.15, 0.2) is 0 Å². The van der Waals surface area contributed by atoms with Gasteiger partial charge >= 0.3 is 0 Å².